The van der Waals surface area contributed by atoms with Gasteiger partial charge >= 0.3 is 6.36 Å². The Kier molecular flexibility index (Phi) is 7.07. The number of rotatable bonds is 7. The summed E-state index contributed by atoms with van der Waals surface area (Å²) >= 11 is 6.04. The molecule has 4 rings (SSSR count). The summed E-state index contributed by atoms with van der Waals surface area (Å²) in [6, 6.07) is 16.1. The van der Waals surface area contributed by atoms with Crippen LogP contribution in [-0.2, 0) is 13.0 Å². The maximum absolute atomic E-state index is 12.9. The van der Waals surface area contributed by atoms with E-state index in [1.54, 1.807) is 34.9 Å². The van der Waals surface area contributed by atoms with E-state index in [0.717, 1.165) is 5.56 Å². The van der Waals surface area contributed by atoms with Crippen LogP contribution in [0.2, 0.25) is 5.02 Å². The van der Waals surface area contributed by atoms with Gasteiger partial charge in [-0.1, -0.05) is 30.7 Å². The quantitative estimate of drug-likeness (QED) is 0.310. The summed E-state index contributed by atoms with van der Waals surface area (Å²) in [5, 5.41) is 3.47. The van der Waals surface area contributed by atoms with Crippen LogP contribution in [0.5, 0.6) is 5.75 Å². The van der Waals surface area contributed by atoms with Crippen molar-refractivity contribution in [3.63, 3.8) is 0 Å². The number of amides is 1. The average molecular weight is 501 g/mol. The summed E-state index contributed by atoms with van der Waals surface area (Å²) in [5.74, 6) is -0.531. The van der Waals surface area contributed by atoms with Crippen molar-refractivity contribution < 1.29 is 22.7 Å². The van der Waals surface area contributed by atoms with Gasteiger partial charge in [0.1, 0.15) is 17.1 Å². The number of hydrogen-bond donors (Lipinski definition) is 1. The van der Waals surface area contributed by atoms with Crippen molar-refractivity contribution in [1.82, 2.24) is 14.7 Å². The molecule has 2 heterocycles. The van der Waals surface area contributed by atoms with Crippen LogP contribution in [0.3, 0.4) is 0 Å². The topological polar surface area (TPSA) is 68.0 Å². The van der Waals surface area contributed by atoms with Crippen molar-refractivity contribution in [3.8, 4) is 5.75 Å². The van der Waals surface area contributed by atoms with E-state index in [1.807, 2.05) is 19.1 Å². The van der Waals surface area contributed by atoms with Crippen molar-refractivity contribution >= 4 is 35.1 Å². The molecule has 1 N–H and O–H groups in total. The van der Waals surface area contributed by atoms with Crippen LogP contribution in [0.1, 0.15) is 34.2 Å². The number of benzene rings is 2. The summed E-state index contributed by atoms with van der Waals surface area (Å²) in [6.45, 7) is 2.25. The lowest BCUT2D eigenvalue weighted by Gasteiger charge is -2.08. The Bertz CT molecular complexity index is 1360. The molecule has 6 nitrogen and oxygen atoms in total. The number of alkyl halides is 3. The number of halogens is 4. The van der Waals surface area contributed by atoms with Crippen molar-refractivity contribution in [3.05, 3.63) is 94.4 Å². The van der Waals surface area contributed by atoms with Crippen LogP contribution in [0.25, 0.3) is 5.65 Å². The first-order valence-electron chi connectivity index (χ1n) is 10.7. The van der Waals surface area contributed by atoms with Crippen LogP contribution in [0.4, 0.5) is 18.9 Å². The minimum atomic E-state index is -4.73. The molecule has 0 saturated carbocycles. The van der Waals surface area contributed by atoms with Gasteiger partial charge in [0.05, 0.1) is 11.4 Å². The standard InChI is InChI=1S/C25H20ClF3N4O2/c1-2-21-23(33-12-11-18(26)13-22(33)32-21)24(34)31-15-16-3-7-19(8-4-16)30-14-17-5-9-20(10-6-17)35-25(27,28)29/h3-14H,2,15H2,1H3,(H,31,34)/b30-14+. The van der Waals surface area contributed by atoms with Crippen LogP contribution in [-0.4, -0.2) is 27.9 Å². The summed E-state index contributed by atoms with van der Waals surface area (Å²) in [7, 11) is 0. The lowest BCUT2D eigenvalue weighted by Crippen LogP contribution is -2.25. The van der Waals surface area contributed by atoms with E-state index in [1.165, 1.54) is 30.5 Å². The van der Waals surface area contributed by atoms with Gasteiger partial charge in [0.25, 0.3) is 5.91 Å². The fourth-order valence-electron chi connectivity index (χ4n) is 3.43. The number of pyridine rings is 1. The lowest BCUT2D eigenvalue weighted by molar-refractivity contribution is -0.274. The smallest absolute Gasteiger partial charge is 0.406 e. The number of fused-ring (bicyclic) bond motifs is 1. The Morgan fingerprint density at radius 2 is 1.86 bits per heavy atom. The molecule has 0 radical (unpaired) electrons. The first kappa shape index (κ1) is 24.3. The summed E-state index contributed by atoms with van der Waals surface area (Å²) < 4.78 is 42.3. The first-order valence-corrected chi connectivity index (χ1v) is 11.0. The van der Waals surface area contributed by atoms with Crippen molar-refractivity contribution in [2.45, 2.75) is 26.3 Å². The summed E-state index contributed by atoms with van der Waals surface area (Å²) in [5.41, 5.74) is 3.93. The fourth-order valence-corrected chi connectivity index (χ4v) is 3.58. The largest absolute Gasteiger partial charge is 0.573 e. The molecule has 0 bridgehead atoms. The third-order valence-electron chi connectivity index (χ3n) is 5.08. The van der Waals surface area contributed by atoms with E-state index >= 15 is 0 Å². The Morgan fingerprint density at radius 1 is 1.14 bits per heavy atom. The normalized spacial score (nSPS) is 11.8. The van der Waals surface area contributed by atoms with Crippen molar-refractivity contribution in [2.24, 2.45) is 4.99 Å². The van der Waals surface area contributed by atoms with Gasteiger partial charge in [0, 0.05) is 30.0 Å². The van der Waals surface area contributed by atoms with Crippen molar-refractivity contribution in [2.75, 3.05) is 0 Å². The van der Waals surface area contributed by atoms with Gasteiger partial charge in [-0.15, -0.1) is 13.2 Å². The second kappa shape index (κ2) is 10.2. The summed E-state index contributed by atoms with van der Waals surface area (Å²) in [6.07, 6.45) is -0.858. The lowest BCUT2D eigenvalue weighted by atomic mass is 10.2. The van der Waals surface area contributed by atoms with Gasteiger partial charge in [-0.2, -0.15) is 0 Å². The van der Waals surface area contributed by atoms with Crippen LogP contribution in [0.15, 0.2) is 71.9 Å². The van der Waals surface area contributed by atoms with E-state index in [2.05, 4.69) is 20.0 Å². The van der Waals surface area contributed by atoms with Gasteiger partial charge in [0.15, 0.2) is 0 Å². The number of aryl methyl sites for hydroxylation is 1. The SMILES string of the molecule is CCc1nc2cc(Cl)ccn2c1C(=O)NCc1ccc(/N=C/c2ccc(OC(F)(F)F)cc2)cc1. The van der Waals surface area contributed by atoms with Gasteiger partial charge in [0.2, 0.25) is 0 Å². The molecule has 0 spiro atoms. The number of imidazole rings is 1. The molecular weight excluding hydrogens is 481 g/mol. The molecule has 0 fully saturated rings. The molecule has 180 valence electrons. The number of nitrogens with one attached hydrogen (secondary N) is 1. The molecule has 0 aliphatic heterocycles. The predicted molar refractivity (Wildman–Crippen MR) is 128 cm³/mol. The van der Waals surface area contributed by atoms with Crippen LogP contribution in [0, 0.1) is 0 Å². The van der Waals surface area contributed by atoms with E-state index in [4.69, 9.17) is 11.6 Å². The fraction of sp³-hybridized carbons (Fsp3) is 0.160. The second-order valence-electron chi connectivity index (χ2n) is 7.56. The highest BCUT2D eigenvalue weighted by atomic mass is 35.5. The molecular formula is C25H20ClF3N4O2. The minimum absolute atomic E-state index is 0.239. The third-order valence-corrected chi connectivity index (χ3v) is 5.31. The molecule has 1 amide bonds. The number of aliphatic imine (C=N–C) groups is 1. The maximum Gasteiger partial charge on any atom is 0.573 e. The molecule has 0 saturated heterocycles. The van der Waals surface area contributed by atoms with Crippen molar-refractivity contribution in [1.29, 1.82) is 0 Å². The maximum atomic E-state index is 12.9. The zero-order valence-electron chi connectivity index (χ0n) is 18.5. The molecule has 0 atom stereocenters. The molecule has 4 aromatic rings. The highest BCUT2D eigenvalue weighted by Crippen LogP contribution is 2.23. The Balaban J connectivity index is 1.38. The minimum Gasteiger partial charge on any atom is -0.406 e. The molecule has 10 heteroatoms. The molecule has 0 aliphatic rings. The van der Waals surface area contributed by atoms with Crippen LogP contribution >= 0.6 is 11.6 Å². The number of hydrogen-bond acceptors (Lipinski definition) is 4. The Morgan fingerprint density at radius 3 is 2.51 bits per heavy atom. The number of carbonyl (C=O) groups excluding carboxylic acids is 1. The third kappa shape index (κ3) is 6.19. The zero-order chi connectivity index (χ0) is 25.0. The van der Waals surface area contributed by atoms with Gasteiger partial charge in [-0.3, -0.25) is 14.2 Å². The Labute approximate surface area is 204 Å². The number of carbonyl (C=O) groups is 1. The molecule has 0 unspecified atom stereocenters. The number of aromatic nitrogens is 2. The van der Waals surface area contributed by atoms with E-state index in [-0.39, 0.29) is 11.7 Å². The Hall–Kier alpha value is -3.85. The summed E-state index contributed by atoms with van der Waals surface area (Å²) in [4.78, 5) is 21.7. The van der Waals surface area contributed by atoms with Gasteiger partial charge < -0.3 is 10.1 Å². The van der Waals surface area contributed by atoms with Crippen LogP contribution < -0.4 is 10.1 Å². The van der Waals surface area contributed by atoms with E-state index < -0.39 is 6.36 Å². The molecule has 2 aromatic carbocycles. The molecule has 2 aromatic heterocycles. The van der Waals surface area contributed by atoms with Gasteiger partial charge in [-0.05, 0) is 60.0 Å². The average Bonchev–Trinajstić information content (AvgIpc) is 3.19. The van der Waals surface area contributed by atoms with E-state index in [9.17, 15) is 18.0 Å². The zero-order valence-corrected chi connectivity index (χ0v) is 19.3. The highest BCUT2D eigenvalue weighted by molar-refractivity contribution is 6.30. The van der Waals surface area contributed by atoms with E-state index in [0.29, 0.717) is 46.3 Å². The molecule has 35 heavy (non-hydrogen) atoms. The second-order valence-corrected chi connectivity index (χ2v) is 7.99. The van der Waals surface area contributed by atoms with Gasteiger partial charge in [-0.25, -0.2) is 4.98 Å². The highest BCUT2D eigenvalue weighted by Gasteiger charge is 2.30. The predicted octanol–water partition coefficient (Wildman–Crippen LogP) is 6.13. The molecule has 0 aliphatic carbocycles. The number of ether oxygens (including phenoxy) is 1. The monoisotopic (exact) mass is 500 g/mol. The number of nitrogens with zero attached hydrogens (tertiary/aromatic N) is 3. The first-order chi connectivity index (χ1) is 16.7.